The first-order valence-electron chi connectivity index (χ1n) is 10.4. The van der Waals surface area contributed by atoms with Gasteiger partial charge in [0.05, 0.1) is 26.4 Å². The van der Waals surface area contributed by atoms with Crippen LogP contribution in [0.1, 0.15) is 29.5 Å². The highest BCUT2D eigenvalue weighted by Gasteiger charge is 2.37. The monoisotopic (exact) mass is 514 g/mol. The number of benzene rings is 2. The third kappa shape index (κ3) is 4.76. The average Bonchev–Trinajstić information content (AvgIpc) is 3.23. The van der Waals surface area contributed by atoms with E-state index in [1.54, 1.807) is 0 Å². The van der Waals surface area contributed by atoms with Crippen LogP contribution in [0.25, 0.3) is 11.3 Å². The molecule has 0 unspecified atom stereocenters. The van der Waals surface area contributed by atoms with E-state index in [2.05, 4.69) is 0 Å². The van der Waals surface area contributed by atoms with Gasteiger partial charge in [-0.3, -0.25) is 0 Å². The highest BCUT2D eigenvalue weighted by Crippen LogP contribution is 2.37. The summed E-state index contributed by atoms with van der Waals surface area (Å²) in [5.41, 5.74) is 3.22. The number of hydrogen-bond donors (Lipinski definition) is 0. The molecule has 0 amide bonds. The molecular formula is C23H22ClF3N2O2S2. The molecule has 1 fully saturated rings. The van der Waals surface area contributed by atoms with Crippen LogP contribution in [0.5, 0.6) is 0 Å². The number of hydrogen-bond acceptors (Lipinski definition) is 5. The molecule has 176 valence electrons. The summed E-state index contributed by atoms with van der Waals surface area (Å²) >= 11 is 7.50. The summed E-state index contributed by atoms with van der Waals surface area (Å²) in [4.78, 5) is 6.35. The Morgan fingerprint density at radius 1 is 1.09 bits per heavy atom. The fourth-order valence-electron chi connectivity index (χ4n) is 4.18. The van der Waals surface area contributed by atoms with E-state index in [-0.39, 0.29) is 17.9 Å². The Morgan fingerprint density at radius 3 is 2.33 bits per heavy atom. The van der Waals surface area contributed by atoms with Crippen molar-refractivity contribution in [1.82, 2.24) is 4.98 Å². The van der Waals surface area contributed by atoms with Gasteiger partial charge in [-0.05, 0) is 56.0 Å². The minimum Gasteiger partial charge on any atom is -0.348 e. The van der Waals surface area contributed by atoms with E-state index in [1.807, 2.05) is 42.3 Å². The van der Waals surface area contributed by atoms with Crippen LogP contribution in [0.2, 0.25) is 5.02 Å². The van der Waals surface area contributed by atoms with Crippen LogP contribution in [-0.4, -0.2) is 31.7 Å². The normalized spacial score (nSPS) is 15.8. The number of aromatic nitrogens is 1. The number of thiazole rings is 1. The molecule has 0 aliphatic carbocycles. The Bertz CT molecular complexity index is 1260. The quantitative estimate of drug-likeness (QED) is 0.396. The van der Waals surface area contributed by atoms with E-state index in [4.69, 9.17) is 16.6 Å². The van der Waals surface area contributed by atoms with E-state index < -0.39 is 31.7 Å². The van der Waals surface area contributed by atoms with Crippen LogP contribution >= 0.6 is 22.9 Å². The Balaban J connectivity index is 1.51. The topological polar surface area (TPSA) is 50.3 Å². The fraction of sp³-hybridized carbons (Fsp3) is 0.348. The molecule has 1 saturated heterocycles. The molecule has 0 spiro atoms. The van der Waals surface area contributed by atoms with Gasteiger partial charge >= 0.3 is 6.18 Å². The lowest BCUT2D eigenvalue weighted by molar-refractivity contribution is -0.137. The summed E-state index contributed by atoms with van der Waals surface area (Å²) in [7, 11) is -4.01. The third-order valence-electron chi connectivity index (χ3n) is 5.95. The van der Waals surface area contributed by atoms with Crippen LogP contribution in [0.15, 0.2) is 46.7 Å². The van der Waals surface area contributed by atoms with Gasteiger partial charge in [0.25, 0.3) is 0 Å². The highest BCUT2D eigenvalue weighted by molar-refractivity contribution is 7.92. The Labute approximate surface area is 200 Å². The first-order chi connectivity index (χ1) is 15.5. The van der Waals surface area contributed by atoms with Gasteiger partial charge in [0.15, 0.2) is 15.0 Å². The SMILES string of the molecule is Cc1cccc(C)c1-c1csc(N2CCC(S(=O)(=O)c3cc(C(F)(F)F)ccc3Cl)CC2)n1. The van der Waals surface area contributed by atoms with Crippen molar-refractivity contribution in [2.45, 2.75) is 43.0 Å². The second-order valence-corrected chi connectivity index (χ2v) is 11.6. The van der Waals surface area contributed by atoms with Crippen LogP contribution in [0.3, 0.4) is 0 Å². The molecule has 3 aromatic rings. The van der Waals surface area contributed by atoms with E-state index in [1.165, 1.54) is 11.3 Å². The standard InChI is InChI=1S/C23H22ClF3N2O2S2/c1-14-4-3-5-15(2)21(14)19-13-32-22(28-19)29-10-8-17(9-11-29)33(30,31)20-12-16(23(25,26)27)6-7-18(20)24/h3-7,12-13,17H,8-11H2,1-2H3. The Morgan fingerprint density at radius 2 is 1.73 bits per heavy atom. The van der Waals surface area contributed by atoms with Crippen molar-refractivity contribution in [3.8, 4) is 11.3 Å². The van der Waals surface area contributed by atoms with Gasteiger partial charge in [-0.1, -0.05) is 29.8 Å². The van der Waals surface area contributed by atoms with Crippen LogP contribution < -0.4 is 4.90 Å². The molecule has 1 aliphatic rings. The van der Waals surface area contributed by atoms with Crippen LogP contribution in [0.4, 0.5) is 18.3 Å². The van der Waals surface area contributed by atoms with Crippen LogP contribution in [-0.2, 0) is 16.0 Å². The minimum atomic E-state index is -4.64. The maximum Gasteiger partial charge on any atom is 0.416 e. The fourth-order valence-corrected chi connectivity index (χ4v) is 7.31. The van der Waals surface area contributed by atoms with Gasteiger partial charge in [-0.15, -0.1) is 11.3 Å². The van der Waals surface area contributed by atoms with E-state index in [0.29, 0.717) is 19.2 Å². The molecule has 10 heteroatoms. The van der Waals surface area contributed by atoms with E-state index in [0.717, 1.165) is 39.6 Å². The summed E-state index contributed by atoms with van der Waals surface area (Å²) in [6.45, 7) is 4.97. The summed E-state index contributed by atoms with van der Waals surface area (Å²) in [6, 6.07) is 8.51. The lowest BCUT2D eigenvalue weighted by Crippen LogP contribution is -2.39. The zero-order chi connectivity index (χ0) is 24.0. The van der Waals surface area contributed by atoms with E-state index >= 15 is 0 Å². The molecule has 2 heterocycles. The maximum absolute atomic E-state index is 13.1. The smallest absolute Gasteiger partial charge is 0.348 e. The number of nitrogens with zero attached hydrogens (tertiary/aromatic N) is 2. The molecule has 1 aromatic heterocycles. The van der Waals surface area contributed by atoms with Gasteiger partial charge in [0.1, 0.15) is 0 Å². The average molecular weight is 515 g/mol. The number of rotatable bonds is 4. The zero-order valence-corrected chi connectivity index (χ0v) is 20.4. The molecule has 0 N–H and O–H groups in total. The number of anilines is 1. The number of aryl methyl sites for hydroxylation is 2. The molecule has 33 heavy (non-hydrogen) atoms. The maximum atomic E-state index is 13.1. The van der Waals surface area contributed by atoms with Gasteiger partial charge < -0.3 is 4.90 Å². The number of sulfone groups is 1. The highest BCUT2D eigenvalue weighted by atomic mass is 35.5. The molecule has 0 saturated carbocycles. The predicted molar refractivity (Wildman–Crippen MR) is 126 cm³/mol. The van der Waals surface area contributed by atoms with Gasteiger partial charge in [0.2, 0.25) is 0 Å². The molecule has 4 rings (SSSR count). The molecule has 0 bridgehead atoms. The second-order valence-electron chi connectivity index (χ2n) is 8.16. The van der Waals surface area contributed by atoms with E-state index in [9.17, 15) is 21.6 Å². The minimum absolute atomic E-state index is 0.191. The molecular weight excluding hydrogens is 493 g/mol. The van der Waals surface area contributed by atoms with Gasteiger partial charge in [0, 0.05) is 24.0 Å². The summed E-state index contributed by atoms with van der Waals surface area (Å²) in [5, 5.41) is 1.81. The predicted octanol–water partition coefficient (Wildman–Crippen LogP) is 6.54. The third-order valence-corrected chi connectivity index (χ3v) is 9.59. The number of halogens is 4. The molecule has 1 aliphatic heterocycles. The van der Waals surface area contributed by atoms with Crippen LogP contribution in [0, 0.1) is 13.8 Å². The molecule has 0 atom stereocenters. The van der Waals surface area contributed by atoms with Crippen molar-refractivity contribution < 1.29 is 21.6 Å². The van der Waals surface area contributed by atoms with Crippen molar-refractivity contribution in [2.75, 3.05) is 18.0 Å². The second kappa shape index (κ2) is 8.92. The van der Waals surface area contributed by atoms with Crippen molar-refractivity contribution in [3.05, 3.63) is 63.5 Å². The number of alkyl halides is 3. The van der Waals surface area contributed by atoms with Gasteiger partial charge in [-0.25, -0.2) is 13.4 Å². The Kier molecular flexibility index (Phi) is 6.50. The zero-order valence-electron chi connectivity index (χ0n) is 18.0. The van der Waals surface area contributed by atoms with Crippen molar-refractivity contribution in [2.24, 2.45) is 0 Å². The summed E-state index contributed by atoms with van der Waals surface area (Å²) < 4.78 is 65.5. The van der Waals surface area contributed by atoms with Crippen molar-refractivity contribution in [3.63, 3.8) is 0 Å². The first-order valence-corrected chi connectivity index (χ1v) is 13.2. The summed E-state index contributed by atoms with van der Waals surface area (Å²) in [5.74, 6) is 0. The van der Waals surface area contributed by atoms with Crippen molar-refractivity contribution in [1.29, 1.82) is 0 Å². The molecule has 4 nitrogen and oxygen atoms in total. The summed E-state index contributed by atoms with van der Waals surface area (Å²) in [6.07, 6.45) is -4.07. The molecule has 0 radical (unpaired) electrons. The lowest BCUT2D eigenvalue weighted by Gasteiger charge is -2.31. The Hall–Kier alpha value is -2.10. The number of piperidine rings is 1. The lowest BCUT2D eigenvalue weighted by atomic mass is 10.0. The first kappa shape index (κ1) is 24.0. The largest absolute Gasteiger partial charge is 0.416 e. The molecule has 2 aromatic carbocycles. The van der Waals surface area contributed by atoms with Crippen molar-refractivity contribution >= 4 is 37.9 Å². The van der Waals surface area contributed by atoms with Gasteiger partial charge in [-0.2, -0.15) is 13.2 Å².